The van der Waals surface area contributed by atoms with E-state index in [1.165, 1.54) is 9.80 Å². The van der Waals surface area contributed by atoms with Crippen LogP contribution in [0.5, 0.6) is 0 Å². The average molecular weight is 213 g/mol. The van der Waals surface area contributed by atoms with Crippen LogP contribution >= 0.6 is 0 Å². The van der Waals surface area contributed by atoms with Gasteiger partial charge in [-0.15, -0.1) is 0 Å². The molecule has 0 aromatic rings. The Morgan fingerprint density at radius 2 is 1.93 bits per heavy atom. The molecule has 84 valence electrons. The van der Waals surface area contributed by atoms with Gasteiger partial charge in [0.1, 0.15) is 6.04 Å². The lowest BCUT2D eigenvalue weighted by Crippen LogP contribution is -2.49. The van der Waals surface area contributed by atoms with E-state index in [9.17, 15) is 14.4 Å². The molecule has 0 bridgehead atoms. The third-order valence-corrected chi connectivity index (χ3v) is 2.45. The van der Waals surface area contributed by atoms with Crippen LogP contribution < -0.4 is 5.73 Å². The maximum Gasteiger partial charge on any atom is 0.312 e. The minimum Gasteiger partial charge on any atom is -0.361 e. The van der Waals surface area contributed by atoms with Crippen LogP contribution in [0.2, 0.25) is 0 Å². The Kier molecular flexibility index (Phi) is 3.28. The largest absolute Gasteiger partial charge is 0.361 e. The molecule has 2 N–H and O–H groups in total. The number of nitrogens with zero attached hydrogens (tertiary/aromatic N) is 2. The van der Waals surface area contributed by atoms with Crippen LogP contribution in [0.4, 0.5) is 0 Å². The number of hydrogen-bond acceptors (Lipinski definition) is 3. The van der Waals surface area contributed by atoms with E-state index in [0.717, 1.165) is 6.42 Å². The molecule has 1 saturated heterocycles. The fraction of sp³-hybridized carbons (Fsp3) is 0.667. The van der Waals surface area contributed by atoms with Crippen molar-refractivity contribution in [3.8, 4) is 0 Å². The van der Waals surface area contributed by atoms with E-state index in [1.807, 2.05) is 0 Å². The van der Waals surface area contributed by atoms with Gasteiger partial charge < -0.3 is 15.5 Å². The molecule has 0 saturated carbocycles. The van der Waals surface area contributed by atoms with Crippen molar-refractivity contribution in [1.82, 2.24) is 9.80 Å². The monoisotopic (exact) mass is 213 g/mol. The van der Waals surface area contributed by atoms with Crippen molar-refractivity contribution < 1.29 is 14.4 Å². The van der Waals surface area contributed by atoms with Gasteiger partial charge in [-0.25, -0.2) is 0 Å². The predicted molar refractivity (Wildman–Crippen MR) is 52.6 cm³/mol. The number of likely N-dealkylation sites (N-methyl/N-ethyl adjacent to an activating group) is 1. The minimum atomic E-state index is -1.01. The van der Waals surface area contributed by atoms with E-state index in [1.54, 1.807) is 14.1 Å². The van der Waals surface area contributed by atoms with Gasteiger partial charge in [-0.3, -0.25) is 14.4 Å². The second kappa shape index (κ2) is 4.29. The van der Waals surface area contributed by atoms with E-state index >= 15 is 0 Å². The van der Waals surface area contributed by atoms with Gasteiger partial charge in [0.05, 0.1) is 0 Å². The zero-order valence-corrected chi connectivity index (χ0v) is 8.90. The lowest BCUT2D eigenvalue weighted by atomic mass is 10.2. The van der Waals surface area contributed by atoms with Crippen LogP contribution in [0.1, 0.15) is 12.8 Å². The highest BCUT2D eigenvalue weighted by Crippen LogP contribution is 2.18. The van der Waals surface area contributed by atoms with Crippen molar-refractivity contribution in [2.75, 3.05) is 20.6 Å². The van der Waals surface area contributed by atoms with Gasteiger partial charge in [0.25, 0.3) is 0 Å². The number of amides is 3. The SMILES string of the molecule is CN(C)C(=O)[C@@H]1CCCN1C(=O)C(N)=O. The first kappa shape index (κ1) is 11.5. The molecule has 1 aliphatic rings. The number of carbonyl (C=O) groups excluding carboxylic acids is 3. The second-order valence-electron chi connectivity index (χ2n) is 3.75. The van der Waals surface area contributed by atoms with Gasteiger partial charge in [0, 0.05) is 20.6 Å². The summed E-state index contributed by atoms with van der Waals surface area (Å²) in [6, 6.07) is -0.528. The molecular weight excluding hydrogens is 198 g/mol. The number of primary amides is 1. The lowest BCUT2D eigenvalue weighted by molar-refractivity contribution is -0.148. The first-order valence-electron chi connectivity index (χ1n) is 4.76. The summed E-state index contributed by atoms with van der Waals surface area (Å²) in [5.41, 5.74) is 4.90. The zero-order valence-electron chi connectivity index (χ0n) is 8.90. The molecule has 0 radical (unpaired) electrons. The number of nitrogens with two attached hydrogens (primary N) is 1. The van der Waals surface area contributed by atoms with Crippen molar-refractivity contribution in [3.63, 3.8) is 0 Å². The van der Waals surface area contributed by atoms with E-state index in [0.29, 0.717) is 13.0 Å². The summed E-state index contributed by atoms with van der Waals surface area (Å²) in [4.78, 5) is 36.4. The Hall–Kier alpha value is -1.59. The normalized spacial score (nSPS) is 20.1. The Morgan fingerprint density at radius 1 is 1.33 bits per heavy atom. The maximum atomic E-state index is 11.7. The van der Waals surface area contributed by atoms with Crippen LogP contribution in [0, 0.1) is 0 Å². The van der Waals surface area contributed by atoms with Crippen LogP contribution in [-0.4, -0.2) is 54.2 Å². The highest BCUT2D eigenvalue weighted by atomic mass is 16.2. The number of likely N-dealkylation sites (tertiary alicyclic amines) is 1. The summed E-state index contributed by atoms with van der Waals surface area (Å²) >= 11 is 0. The number of hydrogen-bond donors (Lipinski definition) is 1. The van der Waals surface area contributed by atoms with E-state index in [-0.39, 0.29) is 5.91 Å². The van der Waals surface area contributed by atoms with E-state index in [4.69, 9.17) is 5.73 Å². The van der Waals surface area contributed by atoms with Crippen molar-refractivity contribution in [2.45, 2.75) is 18.9 Å². The molecule has 1 rings (SSSR count). The summed E-state index contributed by atoms with van der Waals surface area (Å²) in [6.07, 6.45) is 1.32. The summed E-state index contributed by atoms with van der Waals surface area (Å²) in [7, 11) is 3.24. The molecule has 1 aliphatic heterocycles. The molecule has 6 heteroatoms. The van der Waals surface area contributed by atoms with Crippen molar-refractivity contribution >= 4 is 17.7 Å². The molecule has 0 unspecified atom stereocenters. The number of rotatable bonds is 1. The number of carbonyl (C=O) groups is 3. The van der Waals surface area contributed by atoms with Gasteiger partial charge in [0.15, 0.2) is 0 Å². The summed E-state index contributed by atoms with van der Waals surface area (Å²) in [5.74, 6) is -1.94. The Bertz CT molecular complexity index is 301. The zero-order chi connectivity index (χ0) is 11.6. The Balaban J connectivity index is 2.77. The third kappa shape index (κ3) is 2.26. The lowest BCUT2D eigenvalue weighted by Gasteiger charge is -2.24. The van der Waals surface area contributed by atoms with Crippen LogP contribution in [0.3, 0.4) is 0 Å². The third-order valence-electron chi connectivity index (χ3n) is 2.45. The highest BCUT2D eigenvalue weighted by molar-refractivity contribution is 6.34. The maximum absolute atomic E-state index is 11.7. The van der Waals surface area contributed by atoms with Gasteiger partial charge in [-0.1, -0.05) is 0 Å². The Morgan fingerprint density at radius 3 is 2.40 bits per heavy atom. The molecule has 3 amide bonds. The molecule has 0 aromatic heterocycles. The average Bonchev–Trinajstić information content (AvgIpc) is 2.63. The molecule has 1 heterocycles. The van der Waals surface area contributed by atoms with Crippen molar-refractivity contribution in [3.05, 3.63) is 0 Å². The fourth-order valence-electron chi connectivity index (χ4n) is 1.71. The molecule has 0 aromatic carbocycles. The quantitative estimate of drug-likeness (QED) is 0.541. The summed E-state index contributed by atoms with van der Waals surface area (Å²) < 4.78 is 0. The van der Waals surface area contributed by atoms with Crippen molar-refractivity contribution in [1.29, 1.82) is 0 Å². The fourth-order valence-corrected chi connectivity index (χ4v) is 1.71. The van der Waals surface area contributed by atoms with Crippen LogP contribution in [-0.2, 0) is 14.4 Å². The predicted octanol–water partition coefficient (Wildman–Crippen LogP) is -1.45. The van der Waals surface area contributed by atoms with Gasteiger partial charge in [-0.05, 0) is 12.8 Å². The van der Waals surface area contributed by atoms with Crippen LogP contribution in [0.15, 0.2) is 0 Å². The molecule has 0 spiro atoms. The molecule has 1 atom stereocenters. The topological polar surface area (TPSA) is 83.7 Å². The van der Waals surface area contributed by atoms with Crippen LogP contribution in [0.25, 0.3) is 0 Å². The minimum absolute atomic E-state index is 0.165. The molecular formula is C9H15N3O3. The second-order valence-corrected chi connectivity index (χ2v) is 3.75. The van der Waals surface area contributed by atoms with Gasteiger partial charge >= 0.3 is 11.8 Å². The van der Waals surface area contributed by atoms with Crippen molar-refractivity contribution in [2.24, 2.45) is 5.73 Å². The standard InChI is InChI=1S/C9H15N3O3/c1-11(2)8(14)6-4-3-5-12(6)9(15)7(10)13/h6H,3-5H2,1-2H3,(H2,10,13)/t6-/m0/s1. The highest BCUT2D eigenvalue weighted by Gasteiger charge is 2.36. The smallest absolute Gasteiger partial charge is 0.312 e. The first-order valence-corrected chi connectivity index (χ1v) is 4.76. The molecule has 1 fully saturated rings. The van der Waals surface area contributed by atoms with E-state index in [2.05, 4.69) is 0 Å². The summed E-state index contributed by atoms with van der Waals surface area (Å²) in [6.45, 7) is 0.423. The molecule has 0 aliphatic carbocycles. The van der Waals surface area contributed by atoms with E-state index < -0.39 is 17.9 Å². The Labute approximate surface area is 88.0 Å². The van der Waals surface area contributed by atoms with Gasteiger partial charge in [0.2, 0.25) is 5.91 Å². The summed E-state index contributed by atoms with van der Waals surface area (Å²) in [5, 5.41) is 0. The molecule has 15 heavy (non-hydrogen) atoms. The van der Waals surface area contributed by atoms with Gasteiger partial charge in [-0.2, -0.15) is 0 Å². The first-order chi connectivity index (χ1) is 6.95. The molecule has 6 nitrogen and oxygen atoms in total.